The molecule has 0 spiro atoms. The van der Waals surface area contributed by atoms with Gasteiger partial charge in [0, 0.05) is 13.1 Å². The summed E-state index contributed by atoms with van der Waals surface area (Å²) in [5, 5.41) is 4.18. The molecule has 0 aromatic carbocycles. The molecule has 0 aromatic rings. The Kier molecular flexibility index (Phi) is 2.64. The summed E-state index contributed by atoms with van der Waals surface area (Å²) in [5.41, 5.74) is 5.81. The summed E-state index contributed by atoms with van der Waals surface area (Å²) in [5.74, 6) is 3.52. The number of hydrazine groups is 1. The normalized spacial score (nSPS) is 43.4. The van der Waals surface area contributed by atoms with Gasteiger partial charge in [0.05, 0.1) is 0 Å². The van der Waals surface area contributed by atoms with E-state index in [0.29, 0.717) is 6.04 Å². The summed E-state index contributed by atoms with van der Waals surface area (Å²) in [6.07, 6.45) is 8.84. The Balaban J connectivity index is 1.63. The van der Waals surface area contributed by atoms with Crippen molar-refractivity contribution in [1.29, 1.82) is 0 Å². The number of fused-ring (bicyclic) bond motifs is 5. The third-order valence-corrected chi connectivity index (χ3v) is 4.78. The second-order valence-corrected chi connectivity index (χ2v) is 5.66. The molecule has 3 nitrogen and oxygen atoms in total. The van der Waals surface area contributed by atoms with E-state index in [1.54, 1.807) is 0 Å². The Morgan fingerprint density at radius 2 is 2.19 bits per heavy atom. The van der Waals surface area contributed by atoms with Crippen molar-refractivity contribution < 1.29 is 0 Å². The van der Waals surface area contributed by atoms with E-state index in [1.165, 1.54) is 19.3 Å². The van der Waals surface area contributed by atoms with E-state index < -0.39 is 0 Å². The minimum atomic E-state index is 0.586. The molecule has 2 saturated carbocycles. The molecule has 0 saturated heterocycles. The van der Waals surface area contributed by atoms with E-state index in [-0.39, 0.29) is 0 Å². The Bertz CT molecular complexity index is 328. The van der Waals surface area contributed by atoms with E-state index in [0.717, 1.165) is 28.8 Å². The zero-order valence-electron chi connectivity index (χ0n) is 9.57. The molecule has 3 aliphatic carbocycles. The van der Waals surface area contributed by atoms with Crippen molar-refractivity contribution >= 4 is 17.3 Å². The van der Waals surface area contributed by atoms with Crippen molar-refractivity contribution in [2.24, 2.45) is 23.7 Å². The van der Waals surface area contributed by atoms with Crippen LogP contribution in [0, 0.1) is 23.7 Å². The molecule has 0 aliphatic heterocycles. The highest BCUT2D eigenvalue weighted by atomic mass is 32.1. The van der Waals surface area contributed by atoms with E-state index in [4.69, 9.17) is 12.2 Å². The summed E-state index contributed by atoms with van der Waals surface area (Å²) >= 11 is 5.22. The zero-order chi connectivity index (χ0) is 11.1. The van der Waals surface area contributed by atoms with Gasteiger partial charge in [0.2, 0.25) is 0 Å². The van der Waals surface area contributed by atoms with E-state index in [2.05, 4.69) is 28.3 Å². The molecule has 2 bridgehead atoms. The molecule has 3 aliphatic rings. The van der Waals surface area contributed by atoms with Gasteiger partial charge in [0.1, 0.15) is 0 Å². The molecule has 0 aromatic heterocycles. The van der Waals surface area contributed by atoms with Gasteiger partial charge in [0.25, 0.3) is 0 Å². The molecule has 4 heteroatoms. The SMILES string of the molecule is CNNC(=S)N[C@@H]1C[C@@H]2C[C@@H]1[C@@H]1C=CC[C@@H]21. The third-order valence-electron chi connectivity index (χ3n) is 4.56. The maximum absolute atomic E-state index is 5.22. The van der Waals surface area contributed by atoms with E-state index >= 15 is 0 Å². The van der Waals surface area contributed by atoms with Crippen LogP contribution in [0.2, 0.25) is 0 Å². The third kappa shape index (κ3) is 1.55. The van der Waals surface area contributed by atoms with Gasteiger partial charge in [-0.3, -0.25) is 5.43 Å². The second kappa shape index (κ2) is 4.00. The summed E-state index contributed by atoms with van der Waals surface area (Å²) in [6.45, 7) is 0. The molecular weight excluding hydrogens is 218 g/mol. The van der Waals surface area contributed by atoms with Crippen LogP contribution < -0.4 is 16.2 Å². The second-order valence-electron chi connectivity index (χ2n) is 5.26. The molecule has 0 unspecified atom stereocenters. The van der Waals surface area contributed by atoms with Gasteiger partial charge in [0.15, 0.2) is 5.11 Å². The van der Waals surface area contributed by atoms with Gasteiger partial charge >= 0.3 is 0 Å². The predicted molar refractivity (Wildman–Crippen MR) is 68.7 cm³/mol. The van der Waals surface area contributed by atoms with Crippen molar-refractivity contribution in [3.8, 4) is 0 Å². The lowest BCUT2D eigenvalue weighted by atomic mass is 9.79. The maximum atomic E-state index is 5.22. The first-order valence-electron chi connectivity index (χ1n) is 6.19. The van der Waals surface area contributed by atoms with Crippen LogP contribution in [-0.4, -0.2) is 18.2 Å². The van der Waals surface area contributed by atoms with Gasteiger partial charge < -0.3 is 5.32 Å². The van der Waals surface area contributed by atoms with E-state index in [1.807, 2.05) is 7.05 Å². The first-order valence-corrected chi connectivity index (χ1v) is 6.60. The van der Waals surface area contributed by atoms with Gasteiger partial charge in [-0.25, -0.2) is 5.43 Å². The fourth-order valence-electron chi connectivity index (χ4n) is 4.03. The van der Waals surface area contributed by atoms with Crippen LogP contribution in [0.25, 0.3) is 0 Å². The van der Waals surface area contributed by atoms with Gasteiger partial charge in [-0.15, -0.1) is 0 Å². The number of rotatable bonds is 2. The van der Waals surface area contributed by atoms with Crippen molar-refractivity contribution in [2.75, 3.05) is 7.05 Å². The molecule has 0 amide bonds. The number of nitrogens with one attached hydrogen (secondary N) is 3. The Labute approximate surface area is 102 Å². The smallest absolute Gasteiger partial charge is 0.181 e. The quantitative estimate of drug-likeness (QED) is 0.383. The van der Waals surface area contributed by atoms with Crippen LogP contribution in [0.15, 0.2) is 12.2 Å². The summed E-state index contributed by atoms with van der Waals surface area (Å²) in [6, 6.07) is 0.586. The molecule has 5 atom stereocenters. The lowest BCUT2D eigenvalue weighted by Gasteiger charge is -2.32. The van der Waals surface area contributed by atoms with Gasteiger partial charge in [-0.1, -0.05) is 12.2 Å². The van der Waals surface area contributed by atoms with Gasteiger partial charge in [-0.05, 0) is 55.2 Å². The van der Waals surface area contributed by atoms with Crippen LogP contribution in [-0.2, 0) is 0 Å². The molecule has 0 heterocycles. The molecule has 2 fully saturated rings. The number of thiocarbonyl (C=S) groups is 1. The minimum Gasteiger partial charge on any atom is -0.359 e. The van der Waals surface area contributed by atoms with Crippen LogP contribution in [0.3, 0.4) is 0 Å². The van der Waals surface area contributed by atoms with Gasteiger partial charge in [-0.2, -0.15) is 0 Å². The van der Waals surface area contributed by atoms with Crippen LogP contribution in [0.1, 0.15) is 19.3 Å². The van der Waals surface area contributed by atoms with Crippen molar-refractivity contribution in [1.82, 2.24) is 16.2 Å². The molecule has 3 N–H and O–H groups in total. The van der Waals surface area contributed by atoms with Crippen molar-refractivity contribution in [3.05, 3.63) is 12.2 Å². The highest BCUT2D eigenvalue weighted by Crippen LogP contribution is 2.56. The minimum absolute atomic E-state index is 0.586. The lowest BCUT2D eigenvalue weighted by Crippen LogP contribution is -2.49. The fraction of sp³-hybridized carbons (Fsp3) is 0.750. The Morgan fingerprint density at radius 1 is 1.31 bits per heavy atom. The van der Waals surface area contributed by atoms with Crippen molar-refractivity contribution in [2.45, 2.75) is 25.3 Å². The van der Waals surface area contributed by atoms with Crippen LogP contribution in [0.5, 0.6) is 0 Å². The standard InChI is InChI=1S/C12H19N3S/c1-13-15-12(16)14-11-6-7-5-10(11)9-4-2-3-8(7)9/h2,4,7-11,13H,3,5-6H2,1H3,(H2,14,15,16)/t7-,8-,9+,10+,11+/m0/s1. The molecule has 3 rings (SSSR count). The molecule has 88 valence electrons. The monoisotopic (exact) mass is 237 g/mol. The highest BCUT2D eigenvalue weighted by Gasteiger charge is 2.52. The number of hydrogen-bond acceptors (Lipinski definition) is 2. The topological polar surface area (TPSA) is 36.1 Å². The molecule has 0 radical (unpaired) electrons. The number of allylic oxidation sites excluding steroid dienone is 2. The molecule has 16 heavy (non-hydrogen) atoms. The molecular formula is C12H19N3S. The highest BCUT2D eigenvalue weighted by molar-refractivity contribution is 7.80. The Hall–Kier alpha value is -0.610. The van der Waals surface area contributed by atoms with Crippen LogP contribution in [0.4, 0.5) is 0 Å². The summed E-state index contributed by atoms with van der Waals surface area (Å²) in [4.78, 5) is 0. The van der Waals surface area contributed by atoms with Crippen molar-refractivity contribution in [3.63, 3.8) is 0 Å². The maximum Gasteiger partial charge on any atom is 0.181 e. The first kappa shape index (κ1) is 10.5. The fourth-order valence-corrected chi connectivity index (χ4v) is 4.28. The van der Waals surface area contributed by atoms with Crippen LogP contribution >= 0.6 is 12.2 Å². The zero-order valence-corrected chi connectivity index (χ0v) is 10.4. The largest absolute Gasteiger partial charge is 0.359 e. The average Bonchev–Trinajstić information content (AvgIpc) is 2.86. The lowest BCUT2D eigenvalue weighted by molar-refractivity contribution is 0.245. The number of hydrogen-bond donors (Lipinski definition) is 3. The predicted octanol–water partition coefficient (Wildman–Crippen LogP) is 1.19. The Morgan fingerprint density at radius 3 is 3.00 bits per heavy atom. The average molecular weight is 237 g/mol. The first-order chi connectivity index (χ1) is 7.79. The summed E-state index contributed by atoms with van der Waals surface area (Å²) in [7, 11) is 1.84. The summed E-state index contributed by atoms with van der Waals surface area (Å²) < 4.78 is 0. The van der Waals surface area contributed by atoms with E-state index in [9.17, 15) is 0 Å².